The third-order valence-corrected chi connectivity index (χ3v) is 8.70. The molecule has 3 N–H and O–H groups in total. The summed E-state index contributed by atoms with van der Waals surface area (Å²) in [6.45, 7) is 3.47. The smallest absolute Gasteiger partial charge is 0.303 e. The number of aliphatic carboxylic acids is 1. The van der Waals surface area contributed by atoms with Gasteiger partial charge in [0.15, 0.2) is 0 Å². The van der Waals surface area contributed by atoms with Crippen molar-refractivity contribution in [2.75, 3.05) is 5.32 Å². The molecule has 5 rings (SSSR count). The van der Waals surface area contributed by atoms with E-state index in [9.17, 15) is 27.5 Å². The van der Waals surface area contributed by atoms with Crippen molar-refractivity contribution in [1.29, 1.82) is 0 Å². The summed E-state index contributed by atoms with van der Waals surface area (Å²) in [6.07, 6.45) is 1.24. The number of carbonyl (C=O) groups is 2. The van der Waals surface area contributed by atoms with Crippen molar-refractivity contribution in [2.24, 2.45) is 0 Å². The van der Waals surface area contributed by atoms with Crippen LogP contribution in [0.4, 0.5) is 10.1 Å². The van der Waals surface area contributed by atoms with Gasteiger partial charge < -0.3 is 15.4 Å². The number of carbonyl (C=O) groups excluding carboxylic acids is 1. The third kappa shape index (κ3) is 5.00. The molecule has 198 valence electrons. The van der Waals surface area contributed by atoms with Gasteiger partial charge in [0.1, 0.15) is 5.82 Å². The molecule has 0 atom stereocenters. The van der Waals surface area contributed by atoms with Crippen LogP contribution in [0, 0.1) is 19.7 Å². The van der Waals surface area contributed by atoms with E-state index in [4.69, 9.17) is 0 Å². The number of H-pyrrole nitrogens is 1. The van der Waals surface area contributed by atoms with Gasteiger partial charge in [-0.05, 0) is 73.4 Å². The van der Waals surface area contributed by atoms with Gasteiger partial charge in [0.2, 0.25) is 9.84 Å². The second-order valence-electron chi connectivity index (χ2n) is 9.46. The number of nitrogens with one attached hydrogen (secondary N) is 2. The van der Waals surface area contributed by atoms with Gasteiger partial charge in [0.05, 0.1) is 15.4 Å². The molecule has 0 fully saturated rings. The first kappa shape index (κ1) is 26.1. The van der Waals surface area contributed by atoms with Gasteiger partial charge in [-0.25, -0.2) is 12.8 Å². The summed E-state index contributed by atoms with van der Waals surface area (Å²) in [4.78, 5) is 27.6. The van der Waals surface area contributed by atoms with E-state index < -0.39 is 15.8 Å². The third-order valence-electron chi connectivity index (χ3n) is 6.72. The topological polar surface area (TPSA) is 116 Å². The van der Waals surface area contributed by atoms with Crippen LogP contribution in [0.25, 0.3) is 22.8 Å². The van der Waals surface area contributed by atoms with E-state index >= 15 is 0 Å². The number of aryl methyl sites for hydroxylation is 2. The van der Waals surface area contributed by atoms with Gasteiger partial charge in [-0.3, -0.25) is 9.59 Å². The zero-order valence-electron chi connectivity index (χ0n) is 21.2. The Labute approximate surface area is 224 Å². The molecule has 0 aliphatic carbocycles. The van der Waals surface area contributed by atoms with Crippen LogP contribution in [0.1, 0.15) is 34.5 Å². The first-order valence-electron chi connectivity index (χ1n) is 12.2. The predicted molar refractivity (Wildman–Crippen MR) is 146 cm³/mol. The van der Waals surface area contributed by atoms with Crippen LogP contribution >= 0.6 is 0 Å². The largest absolute Gasteiger partial charge is 0.481 e. The van der Waals surface area contributed by atoms with Gasteiger partial charge in [-0.2, -0.15) is 0 Å². The summed E-state index contributed by atoms with van der Waals surface area (Å²) in [7, 11) is -3.97. The second kappa shape index (κ2) is 9.99. The Morgan fingerprint density at radius 1 is 0.974 bits per heavy atom. The number of hydrogen-bond donors (Lipinski definition) is 3. The Kier molecular flexibility index (Phi) is 6.69. The van der Waals surface area contributed by atoms with Crippen LogP contribution in [0.3, 0.4) is 0 Å². The van der Waals surface area contributed by atoms with Crippen molar-refractivity contribution in [3.63, 3.8) is 0 Å². The minimum atomic E-state index is -3.97. The number of carboxylic acids is 1. The summed E-state index contributed by atoms with van der Waals surface area (Å²) in [5.74, 6) is -1.79. The van der Waals surface area contributed by atoms with Crippen LogP contribution < -0.4 is 5.32 Å². The van der Waals surface area contributed by atoms with E-state index in [-0.39, 0.29) is 34.4 Å². The van der Waals surface area contributed by atoms with E-state index in [1.165, 1.54) is 24.3 Å². The Morgan fingerprint density at radius 3 is 2.31 bits per heavy atom. The van der Waals surface area contributed by atoms with Crippen LogP contribution in [-0.4, -0.2) is 30.4 Å². The summed E-state index contributed by atoms with van der Waals surface area (Å²) >= 11 is 0. The molecule has 3 aromatic carbocycles. The number of carboxylic acid groups (broad SMARTS) is 1. The van der Waals surface area contributed by atoms with Crippen molar-refractivity contribution in [3.8, 4) is 11.1 Å². The lowest BCUT2D eigenvalue weighted by atomic mass is 9.99. The molecule has 7 nitrogen and oxygen atoms in total. The molecule has 4 aromatic rings. The molecule has 0 bridgehead atoms. The molecule has 1 aliphatic rings. The van der Waals surface area contributed by atoms with E-state index in [0.717, 1.165) is 16.7 Å². The SMILES string of the molecule is Cc1ccc(S(=O)(=O)c2c(C)[nH]c(/C=C3\C(=O)Nc4cc(-c5ccc(F)cc5)ccc43)c2CCC(=O)O)cc1. The average molecular weight is 545 g/mol. The highest BCUT2D eigenvalue weighted by molar-refractivity contribution is 7.91. The minimum Gasteiger partial charge on any atom is -0.481 e. The fourth-order valence-corrected chi connectivity index (χ4v) is 6.51. The quantitative estimate of drug-likeness (QED) is 0.255. The molecule has 2 heterocycles. The van der Waals surface area contributed by atoms with Crippen LogP contribution in [-0.2, 0) is 25.8 Å². The van der Waals surface area contributed by atoms with Gasteiger partial charge in [0, 0.05) is 29.1 Å². The fraction of sp³-hybridized carbons (Fsp3) is 0.133. The lowest BCUT2D eigenvalue weighted by Crippen LogP contribution is -2.08. The second-order valence-corrected chi connectivity index (χ2v) is 11.3. The maximum Gasteiger partial charge on any atom is 0.303 e. The predicted octanol–water partition coefficient (Wildman–Crippen LogP) is 5.78. The molecular formula is C30H25FN2O5S. The molecule has 0 unspecified atom stereocenters. The highest BCUT2D eigenvalue weighted by atomic mass is 32.2. The maximum atomic E-state index is 13.6. The van der Waals surface area contributed by atoms with Crippen molar-refractivity contribution < 1.29 is 27.5 Å². The molecule has 0 saturated carbocycles. The normalized spacial score (nSPS) is 13.9. The number of sulfone groups is 1. The molecule has 1 aliphatic heterocycles. The zero-order valence-corrected chi connectivity index (χ0v) is 22.0. The maximum absolute atomic E-state index is 13.6. The lowest BCUT2D eigenvalue weighted by molar-refractivity contribution is -0.137. The first-order chi connectivity index (χ1) is 18.5. The van der Waals surface area contributed by atoms with E-state index in [2.05, 4.69) is 10.3 Å². The summed E-state index contributed by atoms with van der Waals surface area (Å²) < 4.78 is 40.6. The number of amides is 1. The highest BCUT2D eigenvalue weighted by Gasteiger charge is 2.30. The zero-order chi connectivity index (χ0) is 27.9. The van der Waals surface area contributed by atoms with Gasteiger partial charge in [-0.1, -0.05) is 42.0 Å². The number of rotatable bonds is 7. The molecule has 1 aromatic heterocycles. The summed E-state index contributed by atoms with van der Waals surface area (Å²) in [5.41, 5.74) is 5.01. The Hall–Kier alpha value is -4.50. The minimum absolute atomic E-state index is 0.0183. The number of hydrogen-bond acceptors (Lipinski definition) is 4. The van der Waals surface area contributed by atoms with Crippen molar-refractivity contribution in [1.82, 2.24) is 4.98 Å². The lowest BCUT2D eigenvalue weighted by Gasteiger charge is -2.09. The molecule has 0 spiro atoms. The molecule has 39 heavy (non-hydrogen) atoms. The number of halogens is 1. The fourth-order valence-electron chi connectivity index (χ4n) is 4.79. The summed E-state index contributed by atoms with van der Waals surface area (Å²) in [5, 5.41) is 12.2. The number of aromatic nitrogens is 1. The average Bonchev–Trinajstić information content (AvgIpc) is 3.38. The van der Waals surface area contributed by atoms with Crippen molar-refractivity contribution >= 4 is 39.1 Å². The molecule has 1 amide bonds. The van der Waals surface area contributed by atoms with Gasteiger partial charge in [-0.15, -0.1) is 0 Å². The highest BCUT2D eigenvalue weighted by Crippen LogP contribution is 2.38. The van der Waals surface area contributed by atoms with Crippen LogP contribution in [0.5, 0.6) is 0 Å². The molecular weight excluding hydrogens is 519 g/mol. The first-order valence-corrected chi connectivity index (χ1v) is 13.7. The number of fused-ring (bicyclic) bond motifs is 1. The van der Waals surface area contributed by atoms with Crippen LogP contribution in [0.15, 0.2) is 76.5 Å². The Bertz CT molecular complexity index is 1750. The van der Waals surface area contributed by atoms with Crippen LogP contribution in [0.2, 0.25) is 0 Å². The Balaban J connectivity index is 1.60. The Morgan fingerprint density at radius 2 is 1.64 bits per heavy atom. The molecule has 0 radical (unpaired) electrons. The number of anilines is 1. The standard InChI is InChI=1S/C30H25FN2O5S/c1-17-3-10-22(11-4-17)39(37,38)29-18(2)32-27(24(29)13-14-28(34)35)16-25-23-12-7-20(15-26(23)33-30(25)36)19-5-8-21(31)9-6-19/h3-12,15-16,32H,13-14H2,1-2H3,(H,33,36)(H,34,35)/b25-16-. The molecule has 9 heteroatoms. The van der Waals surface area contributed by atoms with Gasteiger partial charge >= 0.3 is 5.97 Å². The monoisotopic (exact) mass is 544 g/mol. The summed E-state index contributed by atoms with van der Waals surface area (Å²) in [6, 6.07) is 17.9. The van der Waals surface area contributed by atoms with Gasteiger partial charge in [0.25, 0.3) is 5.91 Å². The van der Waals surface area contributed by atoms with E-state index in [0.29, 0.717) is 33.8 Å². The van der Waals surface area contributed by atoms with E-state index in [1.54, 1.807) is 49.4 Å². The molecule has 0 saturated heterocycles. The van der Waals surface area contributed by atoms with Crippen molar-refractivity contribution in [2.45, 2.75) is 36.5 Å². The van der Waals surface area contributed by atoms with Crippen molar-refractivity contribution in [3.05, 3.63) is 101 Å². The van der Waals surface area contributed by atoms with E-state index in [1.807, 2.05) is 13.0 Å². The number of benzene rings is 3. The number of aromatic amines is 1.